The molecule has 0 saturated carbocycles. The minimum atomic E-state index is -0.318. The molecule has 0 aromatic heterocycles. The van der Waals surface area contributed by atoms with Gasteiger partial charge in [0.05, 0.1) is 0 Å². The van der Waals surface area contributed by atoms with Gasteiger partial charge in [-0.1, -0.05) is 24.3 Å². The van der Waals surface area contributed by atoms with Crippen molar-refractivity contribution in [2.45, 2.75) is 11.3 Å². The molecular weight excluding hydrogens is 182 g/mol. The lowest BCUT2D eigenvalue weighted by Crippen LogP contribution is -2.07. The van der Waals surface area contributed by atoms with E-state index in [1.165, 1.54) is 0 Å². The first-order chi connectivity index (χ1) is 6.18. The summed E-state index contributed by atoms with van der Waals surface area (Å²) in [6.07, 6.45) is 3.89. The summed E-state index contributed by atoms with van der Waals surface area (Å²) in [5, 5.41) is 0. The van der Waals surface area contributed by atoms with Crippen LogP contribution in [0.25, 0.3) is 6.08 Å². The molecule has 1 rings (SSSR count). The number of primary amides is 1. The number of hydrogen-bond donors (Lipinski definition) is 2. The monoisotopic (exact) mass is 193 g/mol. The molecule has 2 nitrogen and oxygen atoms in total. The van der Waals surface area contributed by atoms with Crippen LogP contribution in [0, 0.1) is 0 Å². The van der Waals surface area contributed by atoms with Crippen LogP contribution < -0.4 is 5.73 Å². The van der Waals surface area contributed by atoms with Crippen molar-refractivity contribution in [3.8, 4) is 0 Å². The fourth-order valence-electron chi connectivity index (χ4n) is 0.897. The van der Waals surface area contributed by atoms with Crippen molar-refractivity contribution in [1.29, 1.82) is 0 Å². The number of benzene rings is 1. The van der Waals surface area contributed by atoms with Crippen LogP contribution >= 0.6 is 12.6 Å². The van der Waals surface area contributed by atoms with Crippen molar-refractivity contribution < 1.29 is 4.79 Å². The van der Waals surface area contributed by atoms with Crippen molar-refractivity contribution in [2.24, 2.45) is 5.73 Å². The fourth-order valence-corrected chi connectivity index (χ4v) is 1.05. The first-order valence-corrected chi connectivity index (χ1v) is 4.37. The Hall–Kier alpha value is -1.22. The Kier molecular flexibility index (Phi) is 3.58. The van der Waals surface area contributed by atoms with Crippen molar-refractivity contribution in [3.05, 3.63) is 35.9 Å². The van der Waals surface area contributed by atoms with E-state index in [1.807, 2.05) is 30.3 Å². The third-order valence-electron chi connectivity index (χ3n) is 1.52. The SMILES string of the molecule is NC(=O)CC=Cc1ccc(S)cc1. The molecule has 0 heterocycles. The molecule has 0 spiro atoms. The van der Waals surface area contributed by atoms with Gasteiger partial charge in [-0.05, 0) is 17.7 Å². The number of nitrogens with two attached hydrogens (primary N) is 1. The topological polar surface area (TPSA) is 43.1 Å². The van der Waals surface area contributed by atoms with Crippen LogP contribution in [0.15, 0.2) is 35.2 Å². The molecule has 0 aliphatic heterocycles. The maximum atomic E-state index is 10.4. The lowest BCUT2D eigenvalue weighted by atomic mass is 10.2. The van der Waals surface area contributed by atoms with Crippen molar-refractivity contribution in [2.75, 3.05) is 0 Å². The van der Waals surface area contributed by atoms with Crippen molar-refractivity contribution in [3.63, 3.8) is 0 Å². The molecule has 0 atom stereocenters. The average molecular weight is 193 g/mol. The molecule has 68 valence electrons. The van der Waals surface area contributed by atoms with Gasteiger partial charge in [0, 0.05) is 11.3 Å². The summed E-state index contributed by atoms with van der Waals surface area (Å²) in [5.41, 5.74) is 6.02. The largest absolute Gasteiger partial charge is 0.369 e. The molecule has 2 N–H and O–H groups in total. The van der Waals surface area contributed by atoms with Gasteiger partial charge < -0.3 is 5.73 Å². The number of carbonyl (C=O) groups is 1. The second kappa shape index (κ2) is 4.72. The average Bonchev–Trinajstić information content (AvgIpc) is 2.08. The highest BCUT2D eigenvalue weighted by Crippen LogP contribution is 2.09. The lowest BCUT2D eigenvalue weighted by Gasteiger charge is -1.93. The normalized spacial score (nSPS) is 10.5. The first-order valence-electron chi connectivity index (χ1n) is 3.92. The maximum absolute atomic E-state index is 10.4. The molecule has 1 aromatic rings. The van der Waals surface area contributed by atoms with Gasteiger partial charge in [-0.3, -0.25) is 4.79 Å². The zero-order chi connectivity index (χ0) is 9.68. The molecule has 1 amide bonds. The van der Waals surface area contributed by atoms with Gasteiger partial charge in [0.1, 0.15) is 0 Å². The Labute approximate surface area is 82.9 Å². The van der Waals surface area contributed by atoms with Crippen LogP contribution in [0.3, 0.4) is 0 Å². The molecule has 0 bridgehead atoms. The van der Waals surface area contributed by atoms with Crippen LogP contribution in [0.5, 0.6) is 0 Å². The van der Waals surface area contributed by atoms with Gasteiger partial charge in [-0.15, -0.1) is 12.6 Å². The Morgan fingerprint density at radius 2 is 2.00 bits per heavy atom. The highest BCUT2D eigenvalue weighted by molar-refractivity contribution is 7.80. The van der Waals surface area contributed by atoms with E-state index in [9.17, 15) is 4.79 Å². The summed E-state index contributed by atoms with van der Waals surface area (Å²) in [5.74, 6) is -0.318. The summed E-state index contributed by atoms with van der Waals surface area (Å²) >= 11 is 4.16. The second-order valence-electron chi connectivity index (χ2n) is 2.66. The van der Waals surface area contributed by atoms with Gasteiger partial charge in [-0.2, -0.15) is 0 Å². The minimum absolute atomic E-state index is 0.280. The molecule has 13 heavy (non-hydrogen) atoms. The smallest absolute Gasteiger partial charge is 0.221 e. The van der Waals surface area contributed by atoms with E-state index in [1.54, 1.807) is 6.08 Å². The predicted molar refractivity (Wildman–Crippen MR) is 56.5 cm³/mol. The highest BCUT2D eigenvalue weighted by Gasteiger charge is 1.88. The fraction of sp³-hybridized carbons (Fsp3) is 0.100. The van der Waals surface area contributed by atoms with E-state index in [0.29, 0.717) is 0 Å². The third kappa shape index (κ3) is 3.80. The van der Waals surface area contributed by atoms with E-state index in [2.05, 4.69) is 12.6 Å². The molecule has 0 aliphatic rings. The number of hydrogen-bond acceptors (Lipinski definition) is 2. The van der Waals surface area contributed by atoms with Crippen molar-refractivity contribution in [1.82, 2.24) is 0 Å². The maximum Gasteiger partial charge on any atom is 0.221 e. The van der Waals surface area contributed by atoms with Gasteiger partial charge in [0.2, 0.25) is 5.91 Å². The highest BCUT2D eigenvalue weighted by atomic mass is 32.1. The summed E-state index contributed by atoms with van der Waals surface area (Å²) < 4.78 is 0. The number of thiol groups is 1. The lowest BCUT2D eigenvalue weighted by molar-refractivity contribution is -0.117. The standard InChI is InChI=1S/C10H11NOS/c11-10(12)3-1-2-8-4-6-9(13)7-5-8/h1-2,4-7,13H,3H2,(H2,11,12). The van der Waals surface area contributed by atoms with E-state index in [4.69, 9.17) is 5.73 Å². The molecule has 0 radical (unpaired) electrons. The van der Waals surface area contributed by atoms with Gasteiger partial charge in [0.25, 0.3) is 0 Å². The second-order valence-corrected chi connectivity index (χ2v) is 3.18. The summed E-state index contributed by atoms with van der Waals surface area (Å²) in [4.78, 5) is 11.3. The van der Waals surface area contributed by atoms with Gasteiger partial charge in [-0.25, -0.2) is 0 Å². The zero-order valence-corrected chi connectivity index (χ0v) is 8.00. The molecule has 0 aliphatic carbocycles. The predicted octanol–water partition coefficient (Wildman–Crippen LogP) is 1.86. The Bertz CT molecular complexity index is 316. The molecule has 1 aromatic carbocycles. The Balaban J connectivity index is 2.59. The Morgan fingerprint density at radius 1 is 1.38 bits per heavy atom. The van der Waals surface area contributed by atoms with Crippen LogP contribution in [0.1, 0.15) is 12.0 Å². The van der Waals surface area contributed by atoms with E-state index in [0.717, 1.165) is 10.5 Å². The minimum Gasteiger partial charge on any atom is -0.369 e. The van der Waals surface area contributed by atoms with Gasteiger partial charge in [0.15, 0.2) is 0 Å². The summed E-state index contributed by atoms with van der Waals surface area (Å²) in [6.45, 7) is 0. The molecule has 0 saturated heterocycles. The molecule has 3 heteroatoms. The van der Waals surface area contributed by atoms with E-state index in [-0.39, 0.29) is 12.3 Å². The van der Waals surface area contributed by atoms with E-state index < -0.39 is 0 Å². The third-order valence-corrected chi connectivity index (χ3v) is 1.82. The first kappa shape index (κ1) is 9.86. The van der Waals surface area contributed by atoms with Crippen LogP contribution in [0.2, 0.25) is 0 Å². The molecular formula is C10H11NOS. The number of carbonyl (C=O) groups excluding carboxylic acids is 1. The van der Waals surface area contributed by atoms with E-state index >= 15 is 0 Å². The van der Waals surface area contributed by atoms with Crippen molar-refractivity contribution >= 4 is 24.6 Å². The van der Waals surface area contributed by atoms with Crippen LogP contribution in [-0.2, 0) is 4.79 Å². The Morgan fingerprint density at radius 3 is 2.54 bits per heavy atom. The van der Waals surface area contributed by atoms with Gasteiger partial charge >= 0.3 is 0 Å². The quantitative estimate of drug-likeness (QED) is 0.707. The molecule has 0 unspecified atom stereocenters. The van der Waals surface area contributed by atoms with Crippen LogP contribution in [0.4, 0.5) is 0 Å². The number of rotatable bonds is 3. The number of amides is 1. The zero-order valence-electron chi connectivity index (χ0n) is 7.10. The van der Waals surface area contributed by atoms with Crippen LogP contribution in [-0.4, -0.2) is 5.91 Å². The molecule has 0 fully saturated rings. The summed E-state index contributed by atoms with van der Waals surface area (Å²) in [7, 11) is 0. The summed E-state index contributed by atoms with van der Waals surface area (Å²) in [6, 6.07) is 7.65.